The molecule has 0 spiro atoms. The van der Waals surface area contributed by atoms with Crippen molar-refractivity contribution in [2.75, 3.05) is 13.1 Å². The molecule has 4 heteroatoms. The molecule has 0 radical (unpaired) electrons. The maximum absolute atomic E-state index is 11.6. The third-order valence-corrected chi connectivity index (χ3v) is 3.85. The van der Waals surface area contributed by atoms with Gasteiger partial charge in [-0.05, 0) is 31.6 Å². The summed E-state index contributed by atoms with van der Waals surface area (Å²) in [6.07, 6.45) is 5.43. The number of likely N-dealkylation sites (tertiary alicyclic amines) is 1. The molecule has 1 saturated heterocycles. The molecule has 1 aliphatic heterocycles. The number of amides is 1. The van der Waals surface area contributed by atoms with Crippen molar-refractivity contribution in [3.05, 3.63) is 0 Å². The first-order chi connectivity index (χ1) is 7.68. The molecule has 0 aromatic heterocycles. The molecule has 1 aliphatic carbocycles. The normalized spacial score (nSPS) is 30.8. The van der Waals surface area contributed by atoms with Crippen LogP contribution in [-0.4, -0.2) is 35.0 Å². The fourth-order valence-corrected chi connectivity index (χ4v) is 2.92. The second-order valence-electron chi connectivity index (χ2n) is 4.93. The smallest absolute Gasteiger partial charge is 0.306 e. The Balaban J connectivity index is 1.92. The number of hydrogen-bond acceptors (Lipinski definition) is 2. The lowest BCUT2D eigenvalue weighted by atomic mass is 9.95. The average Bonchev–Trinajstić information content (AvgIpc) is 2.69. The minimum absolute atomic E-state index is 0.180. The number of carboxylic acid groups (broad SMARTS) is 1. The van der Waals surface area contributed by atoms with Gasteiger partial charge in [0.2, 0.25) is 5.91 Å². The molecule has 90 valence electrons. The number of nitrogens with zero attached hydrogens (tertiary/aromatic N) is 1. The van der Waals surface area contributed by atoms with E-state index in [4.69, 9.17) is 5.11 Å². The van der Waals surface area contributed by atoms with E-state index in [0.29, 0.717) is 13.0 Å². The van der Waals surface area contributed by atoms with Gasteiger partial charge in [-0.1, -0.05) is 6.42 Å². The van der Waals surface area contributed by atoms with Gasteiger partial charge in [0, 0.05) is 19.5 Å². The lowest BCUT2D eigenvalue weighted by Crippen LogP contribution is -2.40. The van der Waals surface area contributed by atoms with Crippen molar-refractivity contribution >= 4 is 11.9 Å². The highest BCUT2D eigenvalue weighted by molar-refractivity contribution is 5.77. The Hall–Kier alpha value is -1.06. The quantitative estimate of drug-likeness (QED) is 0.791. The van der Waals surface area contributed by atoms with Gasteiger partial charge >= 0.3 is 5.97 Å². The standard InChI is InChI=1S/C12H19NO3/c14-11-6-1-2-7-13(11)8-9-4-3-5-10(9)12(15)16/h9-10H,1-8H2,(H,15,16). The van der Waals surface area contributed by atoms with Gasteiger partial charge in [0.1, 0.15) is 0 Å². The molecular weight excluding hydrogens is 206 g/mol. The predicted molar refractivity (Wildman–Crippen MR) is 58.9 cm³/mol. The second kappa shape index (κ2) is 4.85. The van der Waals surface area contributed by atoms with Gasteiger partial charge in [0.05, 0.1) is 5.92 Å². The van der Waals surface area contributed by atoms with E-state index in [0.717, 1.165) is 38.6 Å². The van der Waals surface area contributed by atoms with Crippen LogP contribution in [0, 0.1) is 11.8 Å². The number of carbonyl (C=O) groups is 2. The Morgan fingerprint density at radius 2 is 2.12 bits per heavy atom. The lowest BCUT2D eigenvalue weighted by Gasteiger charge is -2.30. The van der Waals surface area contributed by atoms with Crippen LogP contribution in [0.15, 0.2) is 0 Å². The Kier molecular flexibility index (Phi) is 3.46. The summed E-state index contributed by atoms with van der Waals surface area (Å²) in [7, 11) is 0. The second-order valence-corrected chi connectivity index (χ2v) is 4.93. The summed E-state index contributed by atoms with van der Waals surface area (Å²) in [4.78, 5) is 24.5. The van der Waals surface area contributed by atoms with Crippen molar-refractivity contribution in [2.45, 2.75) is 38.5 Å². The summed E-state index contributed by atoms with van der Waals surface area (Å²) < 4.78 is 0. The van der Waals surface area contributed by atoms with Gasteiger partial charge in [-0.15, -0.1) is 0 Å². The van der Waals surface area contributed by atoms with Gasteiger partial charge < -0.3 is 10.0 Å². The van der Waals surface area contributed by atoms with Crippen LogP contribution < -0.4 is 0 Å². The fourth-order valence-electron chi connectivity index (χ4n) is 2.92. The average molecular weight is 225 g/mol. The van der Waals surface area contributed by atoms with E-state index < -0.39 is 5.97 Å². The zero-order chi connectivity index (χ0) is 11.5. The maximum Gasteiger partial charge on any atom is 0.306 e. The van der Waals surface area contributed by atoms with Crippen molar-refractivity contribution < 1.29 is 14.7 Å². The zero-order valence-electron chi connectivity index (χ0n) is 9.52. The van der Waals surface area contributed by atoms with E-state index in [2.05, 4.69) is 0 Å². The number of aliphatic carboxylic acids is 1. The third kappa shape index (κ3) is 2.36. The van der Waals surface area contributed by atoms with E-state index in [1.54, 1.807) is 0 Å². The van der Waals surface area contributed by atoms with Crippen LogP contribution in [0.5, 0.6) is 0 Å². The molecular formula is C12H19NO3. The van der Waals surface area contributed by atoms with Crippen LogP contribution in [-0.2, 0) is 9.59 Å². The van der Waals surface area contributed by atoms with Crippen LogP contribution in [0.2, 0.25) is 0 Å². The van der Waals surface area contributed by atoms with Gasteiger partial charge in [-0.3, -0.25) is 9.59 Å². The van der Waals surface area contributed by atoms with Crippen molar-refractivity contribution in [3.8, 4) is 0 Å². The molecule has 2 unspecified atom stereocenters. The number of piperidine rings is 1. The number of carboxylic acids is 1. The first-order valence-electron chi connectivity index (χ1n) is 6.19. The van der Waals surface area contributed by atoms with Crippen molar-refractivity contribution in [2.24, 2.45) is 11.8 Å². The zero-order valence-corrected chi connectivity index (χ0v) is 9.52. The number of carbonyl (C=O) groups excluding carboxylic acids is 1. The summed E-state index contributed by atoms with van der Waals surface area (Å²) in [5.74, 6) is -0.525. The topological polar surface area (TPSA) is 57.6 Å². The lowest BCUT2D eigenvalue weighted by molar-refractivity contribution is -0.144. The molecule has 16 heavy (non-hydrogen) atoms. The van der Waals surface area contributed by atoms with Crippen molar-refractivity contribution in [1.29, 1.82) is 0 Å². The molecule has 2 fully saturated rings. The van der Waals surface area contributed by atoms with Crippen LogP contribution in [0.25, 0.3) is 0 Å². The highest BCUT2D eigenvalue weighted by Crippen LogP contribution is 2.33. The monoisotopic (exact) mass is 225 g/mol. The molecule has 4 nitrogen and oxygen atoms in total. The third-order valence-electron chi connectivity index (χ3n) is 3.85. The molecule has 2 rings (SSSR count). The molecule has 2 aliphatic rings. The highest BCUT2D eigenvalue weighted by Gasteiger charge is 2.35. The summed E-state index contributed by atoms with van der Waals surface area (Å²) in [5, 5.41) is 9.08. The van der Waals surface area contributed by atoms with E-state index in [9.17, 15) is 9.59 Å². The van der Waals surface area contributed by atoms with Crippen molar-refractivity contribution in [1.82, 2.24) is 4.90 Å². The first kappa shape index (κ1) is 11.4. The molecule has 0 aromatic carbocycles. The number of hydrogen-bond donors (Lipinski definition) is 1. The summed E-state index contributed by atoms with van der Waals surface area (Å²) in [5.41, 5.74) is 0. The van der Waals surface area contributed by atoms with Crippen LogP contribution in [0.4, 0.5) is 0 Å². The molecule has 0 bridgehead atoms. The van der Waals surface area contributed by atoms with E-state index >= 15 is 0 Å². The molecule has 0 aromatic rings. The van der Waals surface area contributed by atoms with Crippen LogP contribution in [0.1, 0.15) is 38.5 Å². The Morgan fingerprint density at radius 1 is 1.31 bits per heavy atom. The maximum atomic E-state index is 11.6. The summed E-state index contributed by atoms with van der Waals surface area (Å²) >= 11 is 0. The van der Waals surface area contributed by atoms with Gasteiger partial charge in [-0.2, -0.15) is 0 Å². The largest absolute Gasteiger partial charge is 0.481 e. The molecule has 1 N–H and O–H groups in total. The SMILES string of the molecule is O=C(O)C1CCCC1CN1CCCCC1=O. The van der Waals surface area contributed by atoms with Gasteiger partial charge in [-0.25, -0.2) is 0 Å². The fraction of sp³-hybridized carbons (Fsp3) is 0.833. The molecule has 1 saturated carbocycles. The summed E-state index contributed by atoms with van der Waals surface area (Å²) in [6.45, 7) is 1.48. The predicted octanol–water partition coefficient (Wildman–Crippen LogP) is 1.50. The highest BCUT2D eigenvalue weighted by atomic mass is 16.4. The van der Waals surface area contributed by atoms with E-state index in [1.807, 2.05) is 4.90 Å². The first-order valence-corrected chi connectivity index (χ1v) is 6.19. The molecule has 1 heterocycles. The molecule has 2 atom stereocenters. The van der Waals surface area contributed by atoms with E-state index in [1.165, 1.54) is 0 Å². The molecule has 1 amide bonds. The van der Waals surface area contributed by atoms with Gasteiger partial charge in [0.25, 0.3) is 0 Å². The Morgan fingerprint density at radius 3 is 2.81 bits per heavy atom. The Labute approximate surface area is 95.6 Å². The Bertz CT molecular complexity index is 290. The van der Waals surface area contributed by atoms with Crippen LogP contribution in [0.3, 0.4) is 0 Å². The van der Waals surface area contributed by atoms with Crippen LogP contribution >= 0.6 is 0 Å². The minimum Gasteiger partial charge on any atom is -0.481 e. The summed E-state index contributed by atoms with van der Waals surface area (Å²) in [6, 6.07) is 0. The minimum atomic E-state index is -0.688. The number of rotatable bonds is 3. The van der Waals surface area contributed by atoms with Gasteiger partial charge in [0.15, 0.2) is 0 Å². The van der Waals surface area contributed by atoms with Crippen molar-refractivity contribution in [3.63, 3.8) is 0 Å². The van der Waals surface area contributed by atoms with E-state index in [-0.39, 0.29) is 17.7 Å².